The third kappa shape index (κ3) is 50.1. The number of allylic oxidation sites excluding steroid dienone is 6. The van der Waals surface area contributed by atoms with Crippen molar-refractivity contribution in [2.24, 2.45) is 0 Å². The Morgan fingerprint density at radius 2 is 0.809 bits per heavy atom. The van der Waals surface area contributed by atoms with E-state index >= 15 is 0 Å². The van der Waals surface area contributed by atoms with Crippen molar-refractivity contribution in [1.29, 1.82) is 0 Å². The molecule has 0 spiro atoms. The van der Waals surface area contributed by atoms with Gasteiger partial charge in [-0.2, -0.15) is 0 Å². The van der Waals surface area contributed by atoms with Gasteiger partial charge in [0.2, 0.25) is 5.91 Å². The molecule has 0 heterocycles. The fourth-order valence-corrected chi connectivity index (χ4v) is 8.82. The first-order valence-corrected chi connectivity index (χ1v) is 29.5. The zero-order chi connectivity index (χ0) is 49.9. The van der Waals surface area contributed by atoms with Crippen molar-refractivity contribution in [3.63, 3.8) is 0 Å². The van der Waals surface area contributed by atoms with Gasteiger partial charge < -0.3 is 25.2 Å². The topological polar surface area (TPSA) is 169 Å². The molecule has 0 fully saturated rings. The zero-order valence-electron chi connectivity index (χ0n) is 43.7. The molecule has 0 rings (SSSR count). The van der Waals surface area contributed by atoms with E-state index in [4.69, 9.17) is 13.8 Å². The molecule has 68 heavy (non-hydrogen) atoms. The number of carboxylic acids is 1. The van der Waals surface area contributed by atoms with Crippen LogP contribution in [0.3, 0.4) is 0 Å². The number of phosphoric ester groups is 1. The standard InChI is InChI=1S/C56H104NO10P/c1-3-5-7-9-11-13-15-17-19-21-23-25-26-28-30-32-34-36-38-40-42-44-46-48-55(60)65-49-52(58)50-66-68(63,64)67-51-53(56(61)62)57-54(59)47-45-43-41-39-37-35-33-31-29-27-24-22-20-18-16-14-12-10-8-6-4-2/h12,14,17-20,52-53,58H,3-11,13,15-16,21-51H2,1-2H3,(H,57,59)(H,61,62)(H,63,64)/b14-12-,19-17+,20-18-. The average molecular weight is 982 g/mol. The summed E-state index contributed by atoms with van der Waals surface area (Å²) in [5.41, 5.74) is 0. The number of hydrogen-bond acceptors (Lipinski definition) is 8. The van der Waals surface area contributed by atoms with Crippen LogP contribution in [-0.2, 0) is 32.7 Å². The summed E-state index contributed by atoms with van der Waals surface area (Å²) in [4.78, 5) is 46.2. The Labute approximate surface area is 416 Å². The van der Waals surface area contributed by atoms with Crippen molar-refractivity contribution in [3.8, 4) is 0 Å². The van der Waals surface area contributed by atoms with Crippen LogP contribution in [0.5, 0.6) is 0 Å². The lowest BCUT2D eigenvalue weighted by Gasteiger charge is -2.18. The van der Waals surface area contributed by atoms with Crippen LogP contribution in [0.25, 0.3) is 0 Å². The number of esters is 1. The van der Waals surface area contributed by atoms with Crippen molar-refractivity contribution < 1.29 is 47.8 Å². The van der Waals surface area contributed by atoms with Crippen LogP contribution in [0.4, 0.5) is 0 Å². The minimum Gasteiger partial charge on any atom is -0.480 e. The molecule has 0 aliphatic rings. The molecule has 0 aromatic heterocycles. The van der Waals surface area contributed by atoms with Crippen LogP contribution in [0.15, 0.2) is 36.5 Å². The Kier molecular flexibility index (Phi) is 49.3. The van der Waals surface area contributed by atoms with Crippen LogP contribution in [0.1, 0.15) is 271 Å². The summed E-state index contributed by atoms with van der Waals surface area (Å²) in [5, 5.41) is 22.0. The van der Waals surface area contributed by atoms with E-state index in [2.05, 4.69) is 55.6 Å². The van der Waals surface area contributed by atoms with Crippen LogP contribution in [-0.4, -0.2) is 64.9 Å². The van der Waals surface area contributed by atoms with Crippen LogP contribution in [0.2, 0.25) is 0 Å². The van der Waals surface area contributed by atoms with Crippen LogP contribution in [0, 0.1) is 0 Å². The van der Waals surface area contributed by atoms with Gasteiger partial charge in [-0.3, -0.25) is 18.6 Å². The lowest BCUT2D eigenvalue weighted by molar-refractivity contribution is -0.147. The molecule has 3 atom stereocenters. The number of carbonyl (C=O) groups excluding carboxylic acids is 2. The fourth-order valence-electron chi connectivity index (χ4n) is 8.05. The predicted octanol–water partition coefficient (Wildman–Crippen LogP) is 15.9. The van der Waals surface area contributed by atoms with Gasteiger partial charge >= 0.3 is 19.8 Å². The second-order valence-electron chi connectivity index (χ2n) is 19.1. The van der Waals surface area contributed by atoms with Gasteiger partial charge in [0, 0.05) is 12.8 Å². The largest absolute Gasteiger partial charge is 0.480 e. The number of phosphoric acid groups is 1. The van der Waals surface area contributed by atoms with Gasteiger partial charge in [0.15, 0.2) is 6.04 Å². The maximum Gasteiger partial charge on any atom is 0.472 e. The lowest BCUT2D eigenvalue weighted by atomic mass is 10.0. The monoisotopic (exact) mass is 982 g/mol. The maximum absolute atomic E-state index is 12.4. The van der Waals surface area contributed by atoms with Crippen molar-refractivity contribution in [2.45, 2.75) is 283 Å². The quantitative estimate of drug-likeness (QED) is 0.0199. The van der Waals surface area contributed by atoms with Crippen molar-refractivity contribution in [1.82, 2.24) is 5.32 Å². The van der Waals surface area contributed by atoms with E-state index < -0.39 is 57.6 Å². The molecule has 0 saturated heterocycles. The number of carboxylic acid groups (broad SMARTS) is 1. The number of rotatable bonds is 53. The Bertz CT molecular complexity index is 1290. The summed E-state index contributed by atoms with van der Waals surface area (Å²) in [5.74, 6) is -2.36. The van der Waals surface area contributed by atoms with Gasteiger partial charge in [0.25, 0.3) is 0 Å². The minimum absolute atomic E-state index is 0.144. The third-order valence-corrected chi connectivity index (χ3v) is 13.4. The normalized spacial score (nSPS) is 13.7. The number of unbranched alkanes of at least 4 members (excludes halogenated alkanes) is 33. The molecule has 398 valence electrons. The summed E-state index contributed by atoms with van der Waals surface area (Å²) in [6, 6.07) is -1.55. The molecule has 1 amide bonds. The molecule has 0 aromatic rings. The second-order valence-corrected chi connectivity index (χ2v) is 20.6. The number of amides is 1. The average Bonchev–Trinajstić information content (AvgIpc) is 3.32. The molecule has 0 aliphatic carbocycles. The van der Waals surface area contributed by atoms with Crippen molar-refractivity contribution in [2.75, 3.05) is 19.8 Å². The summed E-state index contributed by atoms with van der Waals surface area (Å²) in [6.07, 6.45) is 58.8. The summed E-state index contributed by atoms with van der Waals surface area (Å²) >= 11 is 0. The zero-order valence-corrected chi connectivity index (χ0v) is 44.6. The van der Waals surface area contributed by atoms with Gasteiger partial charge in [0.05, 0.1) is 13.2 Å². The van der Waals surface area contributed by atoms with Crippen molar-refractivity contribution >= 4 is 25.7 Å². The summed E-state index contributed by atoms with van der Waals surface area (Å²) in [7, 11) is -4.76. The van der Waals surface area contributed by atoms with Crippen LogP contribution >= 0.6 is 7.82 Å². The van der Waals surface area contributed by atoms with E-state index in [1.807, 2.05) is 0 Å². The number of aliphatic hydroxyl groups is 1. The number of ether oxygens (including phenoxy) is 1. The first-order valence-electron chi connectivity index (χ1n) is 28.0. The van der Waals surface area contributed by atoms with E-state index in [-0.39, 0.29) is 12.8 Å². The minimum atomic E-state index is -4.76. The molecule has 12 heteroatoms. The maximum atomic E-state index is 12.4. The van der Waals surface area contributed by atoms with E-state index in [1.165, 1.54) is 186 Å². The Morgan fingerprint density at radius 1 is 0.471 bits per heavy atom. The van der Waals surface area contributed by atoms with E-state index in [9.17, 15) is 34.1 Å². The van der Waals surface area contributed by atoms with E-state index in [0.29, 0.717) is 12.8 Å². The van der Waals surface area contributed by atoms with Gasteiger partial charge in [0.1, 0.15) is 12.7 Å². The highest BCUT2D eigenvalue weighted by molar-refractivity contribution is 7.47. The first kappa shape index (κ1) is 65.7. The second kappa shape index (κ2) is 51.1. The molecule has 0 aromatic carbocycles. The van der Waals surface area contributed by atoms with Gasteiger partial charge in [-0.15, -0.1) is 0 Å². The molecule has 3 unspecified atom stereocenters. The number of nitrogens with one attached hydrogen (secondary N) is 1. The Morgan fingerprint density at radius 3 is 1.24 bits per heavy atom. The highest BCUT2D eigenvalue weighted by Crippen LogP contribution is 2.43. The molecule has 0 saturated carbocycles. The number of carbonyl (C=O) groups is 3. The highest BCUT2D eigenvalue weighted by atomic mass is 31.2. The Balaban J connectivity index is 3.77. The summed E-state index contributed by atoms with van der Waals surface area (Å²) in [6.45, 7) is 2.62. The SMILES string of the molecule is CCCCC/C=C\C/C=C\CCCCCCCCCCCCCC(=O)NC(COP(=O)(O)OCC(O)COC(=O)CCCCCCCCCCCCCCC/C=C/CCCCCCCC)C(=O)O. The van der Waals surface area contributed by atoms with E-state index in [0.717, 1.165) is 44.9 Å². The van der Waals surface area contributed by atoms with E-state index in [1.54, 1.807) is 0 Å². The number of hydrogen-bond donors (Lipinski definition) is 4. The van der Waals surface area contributed by atoms with Gasteiger partial charge in [-0.1, -0.05) is 224 Å². The smallest absolute Gasteiger partial charge is 0.472 e. The fraction of sp³-hybridized carbons (Fsp3) is 0.839. The molecule has 0 aliphatic heterocycles. The van der Waals surface area contributed by atoms with Crippen LogP contribution < -0.4 is 5.32 Å². The van der Waals surface area contributed by atoms with Gasteiger partial charge in [-0.05, 0) is 70.6 Å². The molecule has 4 N–H and O–H groups in total. The lowest BCUT2D eigenvalue weighted by Crippen LogP contribution is -2.43. The molecule has 0 bridgehead atoms. The highest BCUT2D eigenvalue weighted by Gasteiger charge is 2.28. The number of aliphatic hydroxyl groups excluding tert-OH is 1. The molecular weight excluding hydrogens is 878 g/mol. The molecule has 0 radical (unpaired) electrons. The number of aliphatic carboxylic acids is 1. The molecule has 11 nitrogen and oxygen atoms in total. The third-order valence-electron chi connectivity index (χ3n) is 12.4. The Hall–Kier alpha value is -2.30. The predicted molar refractivity (Wildman–Crippen MR) is 282 cm³/mol. The first-order chi connectivity index (χ1) is 33.1. The summed E-state index contributed by atoms with van der Waals surface area (Å²) < 4.78 is 27.0. The molecular formula is C56H104NO10P. The van der Waals surface area contributed by atoms with Crippen molar-refractivity contribution in [3.05, 3.63) is 36.5 Å². The van der Waals surface area contributed by atoms with Gasteiger partial charge in [-0.25, -0.2) is 9.36 Å².